The minimum atomic E-state index is -0.0759. The third kappa shape index (κ3) is 2.91. The standard InChI is InChI=1S/C33H39NO2/c1-30(20-35-21-30)34-27-10-9-25-18-26-13-14-31(2)28(24-8-7-22-5-3-4-6-23(22)17-24)11-12-29(31)33(26)16-15-32(25,19-27)36-33/h3-8,13,17-18,27-29,34H,9-12,14-16,19-21H2,1-2H3/t27-,28+,29+,31+,32+,33+/m0/s1. The minimum Gasteiger partial charge on any atom is -0.377 e. The maximum Gasteiger partial charge on any atom is 0.0974 e. The van der Waals surface area contributed by atoms with Crippen LogP contribution >= 0.6 is 0 Å². The van der Waals surface area contributed by atoms with E-state index in [0.29, 0.717) is 17.9 Å². The van der Waals surface area contributed by atoms with Crippen LogP contribution in [-0.4, -0.2) is 36.0 Å². The summed E-state index contributed by atoms with van der Waals surface area (Å²) in [5.41, 5.74) is 4.93. The van der Waals surface area contributed by atoms with Crippen molar-refractivity contribution in [3.8, 4) is 0 Å². The molecule has 2 aromatic rings. The Bertz CT molecular complexity index is 1310. The van der Waals surface area contributed by atoms with Gasteiger partial charge in [-0.05, 0) is 103 Å². The van der Waals surface area contributed by atoms with Crippen molar-refractivity contribution in [1.82, 2.24) is 5.32 Å². The van der Waals surface area contributed by atoms with Gasteiger partial charge in [0, 0.05) is 6.04 Å². The SMILES string of the molecule is CC1(N[C@H]2CCC3=CC4=CC[C@]5(C)[C@@H](c6ccc7ccccc7c6)CC[C@H]5[C@@]45CC[C@]3(C2)O5)COC1. The third-order valence-electron chi connectivity index (χ3n) is 11.3. The molecule has 3 aliphatic carbocycles. The van der Waals surface area contributed by atoms with Gasteiger partial charge in [-0.2, -0.15) is 0 Å². The smallest absolute Gasteiger partial charge is 0.0974 e. The molecule has 2 saturated carbocycles. The summed E-state index contributed by atoms with van der Waals surface area (Å²) in [7, 11) is 0. The zero-order valence-corrected chi connectivity index (χ0v) is 21.8. The number of nitrogens with one attached hydrogen (secondary N) is 1. The first kappa shape index (κ1) is 22.1. The van der Waals surface area contributed by atoms with E-state index in [9.17, 15) is 0 Å². The molecule has 2 spiro atoms. The number of hydrogen-bond donors (Lipinski definition) is 1. The van der Waals surface area contributed by atoms with Gasteiger partial charge in [-0.3, -0.25) is 0 Å². The Balaban J connectivity index is 1.13. The Morgan fingerprint density at radius 1 is 0.944 bits per heavy atom. The number of hydrogen-bond acceptors (Lipinski definition) is 3. The predicted octanol–water partition coefficient (Wildman–Crippen LogP) is 6.83. The molecule has 3 aliphatic heterocycles. The highest BCUT2D eigenvalue weighted by Gasteiger charge is 2.66. The number of benzene rings is 2. The Morgan fingerprint density at radius 3 is 2.64 bits per heavy atom. The van der Waals surface area contributed by atoms with Crippen molar-refractivity contribution in [2.45, 2.75) is 93.9 Å². The molecule has 6 atom stereocenters. The van der Waals surface area contributed by atoms with Crippen LogP contribution in [0.3, 0.4) is 0 Å². The zero-order chi connectivity index (χ0) is 24.2. The average molecular weight is 482 g/mol. The molecule has 4 fully saturated rings. The fourth-order valence-corrected chi connectivity index (χ4v) is 9.49. The maximum atomic E-state index is 7.50. The summed E-state index contributed by atoms with van der Waals surface area (Å²) in [6.07, 6.45) is 14.8. The maximum absolute atomic E-state index is 7.50. The fourth-order valence-electron chi connectivity index (χ4n) is 9.49. The van der Waals surface area contributed by atoms with Crippen LogP contribution in [0.15, 0.2) is 65.8 Å². The first-order valence-corrected chi connectivity index (χ1v) is 14.4. The molecule has 3 heteroatoms. The third-order valence-corrected chi connectivity index (χ3v) is 11.3. The lowest BCUT2D eigenvalue weighted by atomic mass is 9.58. The predicted molar refractivity (Wildman–Crippen MR) is 144 cm³/mol. The van der Waals surface area contributed by atoms with Gasteiger partial charge < -0.3 is 14.8 Å². The van der Waals surface area contributed by atoms with Crippen molar-refractivity contribution >= 4 is 10.8 Å². The fraction of sp³-hybridized carbons (Fsp3) is 0.576. The molecule has 2 bridgehead atoms. The van der Waals surface area contributed by atoms with Gasteiger partial charge in [0.15, 0.2) is 0 Å². The molecular weight excluding hydrogens is 442 g/mol. The monoisotopic (exact) mass is 481 g/mol. The lowest BCUT2D eigenvalue weighted by molar-refractivity contribution is -0.140. The van der Waals surface area contributed by atoms with Crippen molar-refractivity contribution in [1.29, 1.82) is 0 Å². The molecule has 6 aliphatic rings. The molecule has 1 N–H and O–H groups in total. The van der Waals surface area contributed by atoms with Gasteiger partial charge in [-0.25, -0.2) is 0 Å². The van der Waals surface area contributed by atoms with E-state index in [1.807, 2.05) is 0 Å². The second-order valence-corrected chi connectivity index (χ2v) is 13.5. The van der Waals surface area contributed by atoms with Gasteiger partial charge >= 0.3 is 0 Å². The van der Waals surface area contributed by atoms with E-state index in [1.54, 1.807) is 5.57 Å². The highest BCUT2D eigenvalue weighted by atomic mass is 16.5. The molecule has 3 nitrogen and oxygen atoms in total. The van der Waals surface area contributed by atoms with Crippen LogP contribution in [0.2, 0.25) is 0 Å². The van der Waals surface area contributed by atoms with Crippen LogP contribution in [0, 0.1) is 11.3 Å². The molecule has 2 saturated heterocycles. The second kappa shape index (κ2) is 7.34. The molecule has 8 rings (SSSR count). The number of fused-ring (bicyclic) bond motifs is 2. The van der Waals surface area contributed by atoms with Gasteiger partial charge in [0.1, 0.15) is 0 Å². The van der Waals surface area contributed by atoms with Crippen LogP contribution in [-0.2, 0) is 9.47 Å². The summed E-state index contributed by atoms with van der Waals surface area (Å²) < 4.78 is 13.0. The summed E-state index contributed by atoms with van der Waals surface area (Å²) in [6.45, 7) is 6.58. The summed E-state index contributed by atoms with van der Waals surface area (Å²) in [6, 6.07) is 16.6. The van der Waals surface area contributed by atoms with Gasteiger partial charge in [-0.1, -0.05) is 61.5 Å². The van der Waals surface area contributed by atoms with Gasteiger partial charge in [0.25, 0.3) is 0 Å². The Hall–Kier alpha value is -1.94. The molecule has 36 heavy (non-hydrogen) atoms. The van der Waals surface area contributed by atoms with Gasteiger partial charge in [0.05, 0.1) is 30.0 Å². The molecule has 188 valence electrons. The topological polar surface area (TPSA) is 30.5 Å². The van der Waals surface area contributed by atoms with Crippen molar-refractivity contribution in [2.24, 2.45) is 11.3 Å². The van der Waals surface area contributed by atoms with Crippen molar-refractivity contribution in [3.05, 3.63) is 71.3 Å². The van der Waals surface area contributed by atoms with E-state index >= 15 is 0 Å². The van der Waals surface area contributed by atoms with Crippen LogP contribution < -0.4 is 5.32 Å². The van der Waals surface area contributed by atoms with Crippen LogP contribution in [0.4, 0.5) is 0 Å². The number of allylic oxidation sites excluding steroid dienone is 1. The van der Waals surface area contributed by atoms with E-state index in [0.717, 1.165) is 19.6 Å². The lowest BCUT2D eigenvalue weighted by Crippen LogP contribution is -2.63. The minimum absolute atomic E-state index is 0.0481. The summed E-state index contributed by atoms with van der Waals surface area (Å²) >= 11 is 0. The Kier molecular flexibility index (Phi) is 4.50. The molecule has 3 heterocycles. The molecule has 0 amide bonds. The molecule has 0 radical (unpaired) electrons. The Morgan fingerprint density at radius 2 is 1.81 bits per heavy atom. The van der Waals surface area contributed by atoms with Crippen LogP contribution in [0.1, 0.15) is 76.7 Å². The first-order chi connectivity index (χ1) is 17.4. The molecule has 2 aromatic carbocycles. The number of ether oxygens (including phenoxy) is 2. The normalized spacial score (nSPS) is 42.1. The summed E-state index contributed by atoms with van der Waals surface area (Å²) in [5.74, 6) is 1.20. The van der Waals surface area contributed by atoms with Crippen molar-refractivity contribution < 1.29 is 9.47 Å². The van der Waals surface area contributed by atoms with E-state index in [-0.39, 0.29) is 22.2 Å². The molecular formula is C33H39NO2. The summed E-state index contributed by atoms with van der Waals surface area (Å²) in [5, 5.41) is 6.68. The van der Waals surface area contributed by atoms with E-state index < -0.39 is 0 Å². The first-order valence-electron chi connectivity index (χ1n) is 14.4. The number of rotatable bonds is 3. The van der Waals surface area contributed by atoms with E-state index in [2.05, 4.69) is 73.8 Å². The summed E-state index contributed by atoms with van der Waals surface area (Å²) in [4.78, 5) is 0. The van der Waals surface area contributed by atoms with Crippen molar-refractivity contribution in [3.63, 3.8) is 0 Å². The molecule has 0 unspecified atom stereocenters. The Labute approximate surface area is 215 Å². The van der Waals surface area contributed by atoms with Crippen LogP contribution in [0.25, 0.3) is 10.8 Å². The van der Waals surface area contributed by atoms with Gasteiger partial charge in [0.2, 0.25) is 0 Å². The zero-order valence-electron chi connectivity index (χ0n) is 21.8. The van der Waals surface area contributed by atoms with E-state index in [4.69, 9.17) is 9.47 Å². The largest absolute Gasteiger partial charge is 0.377 e. The quantitative estimate of drug-likeness (QED) is 0.521. The lowest BCUT2D eigenvalue weighted by Gasteiger charge is -2.55. The van der Waals surface area contributed by atoms with Crippen molar-refractivity contribution in [2.75, 3.05) is 13.2 Å². The highest BCUT2D eigenvalue weighted by molar-refractivity contribution is 5.83. The average Bonchev–Trinajstić information content (AvgIpc) is 3.38. The van der Waals surface area contributed by atoms with Gasteiger partial charge in [-0.15, -0.1) is 0 Å². The van der Waals surface area contributed by atoms with E-state index in [1.165, 1.54) is 66.9 Å². The highest BCUT2D eigenvalue weighted by Crippen LogP contribution is 2.69. The second-order valence-electron chi connectivity index (χ2n) is 13.5. The van der Waals surface area contributed by atoms with Crippen LogP contribution in [0.5, 0.6) is 0 Å². The molecule has 0 aromatic heterocycles.